The van der Waals surface area contributed by atoms with Crippen LogP contribution in [-0.4, -0.2) is 48.7 Å². The van der Waals surface area contributed by atoms with Crippen LogP contribution in [0.5, 0.6) is 0 Å². The zero-order chi connectivity index (χ0) is 17.1. The number of methoxy groups -OCH3 is 1. The van der Waals surface area contributed by atoms with E-state index in [1.807, 2.05) is 0 Å². The van der Waals surface area contributed by atoms with Crippen molar-refractivity contribution in [2.45, 2.75) is 19.8 Å². The predicted octanol–water partition coefficient (Wildman–Crippen LogP) is 2.26. The van der Waals surface area contributed by atoms with Crippen molar-refractivity contribution in [2.75, 3.05) is 31.7 Å². The number of hydrogen-bond acceptors (Lipinski definition) is 8. The van der Waals surface area contributed by atoms with Gasteiger partial charge in [-0.1, -0.05) is 0 Å². The van der Waals surface area contributed by atoms with Crippen LogP contribution in [0.2, 0.25) is 0 Å². The molecule has 24 heavy (non-hydrogen) atoms. The van der Waals surface area contributed by atoms with Gasteiger partial charge in [-0.2, -0.15) is 0 Å². The molecule has 1 aliphatic heterocycles. The molecule has 0 spiro atoms. The molecule has 0 amide bonds. The number of aromatic nitrogens is 2. The van der Waals surface area contributed by atoms with Crippen molar-refractivity contribution in [3.63, 3.8) is 0 Å². The highest BCUT2D eigenvalue weighted by Gasteiger charge is 2.28. The summed E-state index contributed by atoms with van der Waals surface area (Å²) >= 11 is 1.40. The summed E-state index contributed by atoms with van der Waals surface area (Å²) < 4.78 is 9.96. The summed E-state index contributed by atoms with van der Waals surface area (Å²) in [5.74, 6) is 0.137. The molecule has 0 unspecified atom stereocenters. The molecule has 2 aromatic rings. The van der Waals surface area contributed by atoms with Crippen molar-refractivity contribution in [1.82, 2.24) is 9.97 Å². The number of carbonyl (C=O) groups excluding carboxylic acids is 2. The van der Waals surface area contributed by atoms with Crippen molar-refractivity contribution >= 4 is 39.3 Å². The van der Waals surface area contributed by atoms with Crippen molar-refractivity contribution in [3.05, 3.63) is 17.3 Å². The van der Waals surface area contributed by atoms with Gasteiger partial charge in [0.2, 0.25) is 0 Å². The Hall–Kier alpha value is -2.22. The fourth-order valence-corrected chi connectivity index (χ4v) is 3.82. The molecule has 8 heteroatoms. The lowest BCUT2D eigenvalue weighted by molar-refractivity contribution is -0.146. The van der Waals surface area contributed by atoms with E-state index in [1.54, 1.807) is 12.3 Å². The Morgan fingerprint density at radius 1 is 1.33 bits per heavy atom. The molecule has 1 saturated heterocycles. The lowest BCUT2D eigenvalue weighted by atomic mass is 9.97. The Morgan fingerprint density at radius 2 is 2.08 bits per heavy atom. The minimum atomic E-state index is -0.357. The summed E-state index contributed by atoms with van der Waals surface area (Å²) in [6.07, 6.45) is 2.92. The summed E-state index contributed by atoms with van der Waals surface area (Å²) in [6.45, 7) is 3.47. The summed E-state index contributed by atoms with van der Waals surface area (Å²) in [6, 6.07) is 0. The molecule has 0 radical (unpaired) electrons. The SMILES string of the molecule is CCOC(=O)c1csc2ncnc(N3CCC(C(=O)OC)CC3)c12. The zero-order valence-corrected chi connectivity index (χ0v) is 14.5. The van der Waals surface area contributed by atoms with Crippen molar-refractivity contribution < 1.29 is 19.1 Å². The first kappa shape index (κ1) is 16.6. The second-order valence-electron chi connectivity index (χ2n) is 5.53. The van der Waals surface area contributed by atoms with Crippen molar-refractivity contribution in [3.8, 4) is 0 Å². The highest BCUT2D eigenvalue weighted by Crippen LogP contribution is 2.33. The number of rotatable bonds is 4. The van der Waals surface area contributed by atoms with Crippen LogP contribution in [-0.2, 0) is 14.3 Å². The number of anilines is 1. The average Bonchev–Trinajstić information content (AvgIpc) is 3.05. The highest BCUT2D eigenvalue weighted by atomic mass is 32.1. The predicted molar refractivity (Wildman–Crippen MR) is 90.3 cm³/mol. The van der Waals surface area contributed by atoms with Gasteiger partial charge in [0.1, 0.15) is 17.0 Å². The number of ether oxygens (including phenoxy) is 2. The van der Waals surface area contributed by atoms with Crippen LogP contribution in [0.1, 0.15) is 30.1 Å². The molecule has 1 aliphatic rings. The maximum atomic E-state index is 12.2. The van der Waals surface area contributed by atoms with E-state index in [4.69, 9.17) is 9.47 Å². The van der Waals surface area contributed by atoms with Gasteiger partial charge < -0.3 is 14.4 Å². The molecule has 7 nitrogen and oxygen atoms in total. The van der Waals surface area contributed by atoms with Crippen LogP contribution in [0.4, 0.5) is 5.82 Å². The number of nitrogens with zero attached hydrogens (tertiary/aromatic N) is 3. The third kappa shape index (κ3) is 3.06. The molecule has 3 rings (SSSR count). The summed E-state index contributed by atoms with van der Waals surface area (Å²) in [4.78, 5) is 35.4. The van der Waals surface area contributed by atoms with Crippen LogP contribution in [0, 0.1) is 5.92 Å². The molecule has 3 heterocycles. The molecule has 0 saturated carbocycles. The topological polar surface area (TPSA) is 81.6 Å². The molecule has 2 aromatic heterocycles. The minimum absolute atomic E-state index is 0.0735. The highest BCUT2D eigenvalue weighted by molar-refractivity contribution is 7.17. The molecule has 0 atom stereocenters. The Morgan fingerprint density at radius 3 is 2.75 bits per heavy atom. The van der Waals surface area contributed by atoms with Crippen molar-refractivity contribution in [2.24, 2.45) is 5.92 Å². The third-order valence-electron chi connectivity index (χ3n) is 4.17. The standard InChI is InChI=1S/C16H19N3O4S/c1-3-23-16(21)11-8-24-14-12(11)13(17-9-18-14)19-6-4-10(5-7-19)15(20)22-2/h8-10H,3-7H2,1-2H3. The molecule has 0 aliphatic carbocycles. The second-order valence-corrected chi connectivity index (χ2v) is 6.39. The van der Waals surface area contributed by atoms with Gasteiger partial charge in [-0.3, -0.25) is 4.79 Å². The first-order valence-electron chi connectivity index (χ1n) is 7.87. The second kappa shape index (κ2) is 7.12. The van der Waals surface area contributed by atoms with E-state index in [2.05, 4.69) is 14.9 Å². The van der Waals surface area contributed by atoms with Gasteiger partial charge in [0.25, 0.3) is 0 Å². The van der Waals surface area contributed by atoms with Crippen molar-refractivity contribution in [1.29, 1.82) is 0 Å². The molecule has 1 fully saturated rings. The van der Waals surface area contributed by atoms with Crippen LogP contribution < -0.4 is 4.90 Å². The zero-order valence-electron chi connectivity index (χ0n) is 13.7. The van der Waals surface area contributed by atoms with Gasteiger partial charge in [-0.25, -0.2) is 14.8 Å². The average molecular weight is 349 g/mol. The van der Waals surface area contributed by atoms with E-state index in [-0.39, 0.29) is 17.9 Å². The Bertz CT molecular complexity index is 753. The lowest BCUT2D eigenvalue weighted by Crippen LogP contribution is -2.37. The molecule has 128 valence electrons. The van der Waals surface area contributed by atoms with Gasteiger partial charge in [-0.05, 0) is 19.8 Å². The van der Waals surface area contributed by atoms with Crippen LogP contribution in [0.15, 0.2) is 11.7 Å². The first-order valence-corrected chi connectivity index (χ1v) is 8.75. The number of piperidine rings is 1. The molecular formula is C16H19N3O4S. The van der Waals surface area contributed by atoms with Crippen LogP contribution in [0.3, 0.4) is 0 Å². The van der Waals surface area contributed by atoms with Gasteiger partial charge in [-0.15, -0.1) is 11.3 Å². The molecule has 0 N–H and O–H groups in total. The Kier molecular flexibility index (Phi) is 4.94. The van der Waals surface area contributed by atoms with E-state index >= 15 is 0 Å². The summed E-state index contributed by atoms with van der Waals surface area (Å²) in [7, 11) is 1.42. The smallest absolute Gasteiger partial charge is 0.339 e. The quantitative estimate of drug-likeness (QED) is 0.783. The summed E-state index contributed by atoms with van der Waals surface area (Å²) in [5.41, 5.74) is 0.502. The lowest BCUT2D eigenvalue weighted by Gasteiger charge is -2.31. The van der Waals surface area contributed by atoms with Gasteiger partial charge >= 0.3 is 11.9 Å². The molecular weight excluding hydrogens is 330 g/mol. The number of thiophene rings is 1. The fourth-order valence-electron chi connectivity index (χ4n) is 2.95. The third-order valence-corrected chi connectivity index (χ3v) is 5.06. The monoisotopic (exact) mass is 349 g/mol. The van der Waals surface area contributed by atoms with Crippen LogP contribution in [0.25, 0.3) is 10.2 Å². The maximum absolute atomic E-state index is 12.2. The fraction of sp³-hybridized carbons (Fsp3) is 0.500. The largest absolute Gasteiger partial charge is 0.469 e. The van der Waals surface area contributed by atoms with E-state index in [0.717, 1.165) is 16.0 Å². The molecule has 0 bridgehead atoms. The number of fused-ring (bicyclic) bond motifs is 1. The van der Waals surface area contributed by atoms with Crippen LogP contribution >= 0.6 is 11.3 Å². The van der Waals surface area contributed by atoms with Gasteiger partial charge in [0.15, 0.2) is 0 Å². The van der Waals surface area contributed by atoms with E-state index in [9.17, 15) is 9.59 Å². The summed E-state index contributed by atoms with van der Waals surface area (Å²) in [5, 5.41) is 2.50. The number of esters is 2. The Balaban J connectivity index is 1.89. The minimum Gasteiger partial charge on any atom is -0.469 e. The van der Waals surface area contributed by atoms with Gasteiger partial charge in [0, 0.05) is 18.5 Å². The van der Waals surface area contributed by atoms with E-state index < -0.39 is 0 Å². The first-order chi connectivity index (χ1) is 11.7. The Labute approximate surface area is 143 Å². The number of carbonyl (C=O) groups is 2. The normalized spacial score (nSPS) is 15.5. The van der Waals surface area contributed by atoms with E-state index in [1.165, 1.54) is 24.8 Å². The van der Waals surface area contributed by atoms with E-state index in [0.29, 0.717) is 38.1 Å². The number of hydrogen-bond donors (Lipinski definition) is 0. The van der Waals surface area contributed by atoms with Gasteiger partial charge in [0.05, 0.1) is 30.6 Å². The maximum Gasteiger partial charge on any atom is 0.339 e. The molecule has 0 aromatic carbocycles.